The average molecular weight is 605 g/mol. The molecule has 2 amide bonds. The molecular weight excluding hydrogens is 587 g/mol. The number of benzene rings is 3. The number of alkyl halides is 3. The first-order chi connectivity index (χ1) is 19.9. The molecule has 1 aliphatic rings. The third-order valence-electron chi connectivity index (χ3n) is 6.28. The molecule has 216 valence electrons. The molecular formula is C28H18ClF5N4O4. The van der Waals surface area contributed by atoms with Crippen LogP contribution in [-0.4, -0.2) is 40.1 Å². The molecule has 3 N–H and O–H groups in total. The number of carbonyl (C=O) groups excluding carboxylic acids is 2. The molecule has 0 saturated heterocycles. The second kappa shape index (κ2) is 11.3. The molecule has 4 aromatic rings. The van der Waals surface area contributed by atoms with Gasteiger partial charge in [0, 0.05) is 50.9 Å². The third-order valence-corrected chi connectivity index (χ3v) is 6.62. The van der Waals surface area contributed by atoms with Crippen LogP contribution in [0.15, 0.2) is 60.9 Å². The van der Waals surface area contributed by atoms with Crippen LogP contribution in [0.2, 0.25) is 5.02 Å². The normalized spacial score (nSPS) is 14.4. The summed E-state index contributed by atoms with van der Waals surface area (Å²) < 4.78 is 73.2. The standard InChI is InChI=1S/C28H18ClF5N4O4/c29-21-2-1-17(30)10-19(21)24-23-20(26(41)38-24)7-13(15-11-35-27(36-12-15)42-4-3-39)8-22(23)37-25(40)14-5-16(28(32,33)34)9-18(31)6-14/h1-2,5-12,24,39H,3-4H2,(H,37,40)(H,38,41). The molecule has 1 aromatic heterocycles. The lowest BCUT2D eigenvalue weighted by Crippen LogP contribution is -2.21. The number of aliphatic hydroxyl groups excluding tert-OH is 1. The van der Waals surface area contributed by atoms with Crippen molar-refractivity contribution in [2.45, 2.75) is 12.2 Å². The Balaban J connectivity index is 1.62. The van der Waals surface area contributed by atoms with Crippen molar-refractivity contribution in [3.63, 3.8) is 0 Å². The van der Waals surface area contributed by atoms with Crippen molar-refractivity contribution in [3.05, 3.63) is 105 Å². The van der Waals surface area contributed by atoms with E-state index >= 15 is 0 Å². The predicted molar refractivity (Wildman–Crippen MR) is 140 cm³/mol. The minimum Gasteiger partial charge on any atom is -0.461 e. The molecule has 5 rings (SSSR count). The summed E-state index contributed by atoms with van der Waals surface area (Å²) >= 11 is 6.30. The highest BCUT2D eigenvalue weighted by Crippen LogP contribution is 2.42. The van der Waals surface area contributed by atoms with E-state index in [2.05, 4.69) is 20.6 Å². The lowest BCUT2D eigenvalue weighted by Gasteiger charge is -2.19. The first kappa shape index (κ1) is 28.9. The van der Waals surface area contributed by atoms with E-state index in [9.17, 15) is 31.5 Å². The maximum atomic E-state index is 14.2. The van der Waals surface area contributed by atoms with Gasteiger partial charge in [-0.25, -0.2) is 18.7 Å². The number of aliphatic hydroxyl groups is 1. The summed E-state index contributed by atoms with van der Waals surface area (Å²) in [6.07, 6.45) is -2.22. The topological polar surface area (TPSA) is 113 Å². The van der Waals surface area contributed by atoms with Crippen molar-refractivity contribution in [2.24, 2.45) is 0 Å². The summed E-state index contributed by atoms with van der Waals surface area (Å²) in [5, 5.41) is 14.2. The lowest BCUT2D eigenvalue weighted by atomic mass is 9.93. The van der Waals surface area contributed by atoms with Crippen molar-refractivity contribution >= 4 is 29.1 Å². The van der Waals surface area contributed by atoms with Gasteiger partial charge in [0.1, 0.15) is 18.2 Å². The van der Waals surface area contributed by atoms with Gasteiger partial charge in [0.05, 0.1) is 18.2 Å². The number of hydrogen-bond acceptors (Lipinski definition) is 6. The zero-order chi connectivity index (χ0) is 30.2. The first-order valence-electron chi connectivity index (χ1n) is 12.1. The predicted octanol–water partition coefficient (Wildman–Crippen LogP) is 5.55. The van der Waals surface area contributed by atoms with Gasteiger partial charge >= 0.3 is 12.2 Å². The monoisotopic (exact) mass is 604 g/mol. The average Bonchev–Trinajstić information content (AvgIpc) is 3.28. The largest absolute Gasteiger partial charge is 0.461 e. The van der Waals surface area contributed by atoms with E-state index in [0.717, 1.165) is 12.1 Å². The Morgan fingerprint density at radius 1 is 1.02 bits per heavy atom. The molecule has 0 aliphatic carbocycles. The van der Waals surface area contributed by atoms with Gasteiger partial charge in [-0.05, 0) is 54.1 Å². The van der Waals surface area contributed by atoms with Crippen molar-refractivity contribution in [3.8, 4) is 17.1 Å². The van der Waals surface area contributed by atoms with Gasteiger partial charge in [0.2, 0.25) is 0 Å². The van der Waals surface area contributed by atoms with Crippen LogP contribution in [0.3, 0.4) is 0 Å². The molecule has 2 heterocycles. The van der Waals surface area contributed by atoms with Crippen LogP contribution in [0.5, 0.6) is 6.01 Å². The Labute approximate surface area is 239 Å². The van der Waals surface area contributed by atoms with Crippen LogP contribution in [-0.2, 0) is 6.18 Å². The van der Waals surface area contributed by atoms with E-state index < -0.39 is 46.8 Å². The molecule has 0 saturated carbocycles. The van der Waals surface area contributed by atoms with Crippen molar-refractivity contribution in [2.75, 3.05) is 18.5 Å². The highest BCUT2D eigenvalue weighted by molar-refractivity contribution is 6.31. The molecule has 0 fully saturated rings. The van der Waals surface area contributed by atoms with Crippen LogP contribution in [0, 0.1) is 11.6 Å². The molecule has 14 heteroatoms. The van der Waals surface area contributed by atoms with Crippen molar-refractivity contribution in [1.82, 2.24) is 15.3 Å². The van der Waals surface area contributed by atoms with E-state index in [1.165, 1.54) is 30.6 Å². The van der Waals surface area contributed by atoms with Crippen molar-refractivity contribution < 1.29 is 41.4 Å². The number of hydrogen-bond donors (Lipinski definition) is 3. The number of nitrogens with zero attached hydrogens (tertiary/aromatic N) is 2. The second-order valence-electron chi connectivity index (χ2n) is 9.06. The first-order valence-corrected chi connectivity index (χ1v) is 12.5. The molecule has 0 spiro atoms. The van der Waals surface area contributed by atoms with E-state index in [4.69, 9.17) is 21.4 Å². The fraction of sp³-hybridized carbons (Fsp3) is 0.143. The number of aromatic nitrogens is 2. The molecule has 0 bridgehead atoms. The fourth-order valence-corrected chi connectivity index (χ4v) is 4.65. The summed E-state index contributed by atoms with van der Waals surface area (Å²) in [7, 11) is 0. The Bertz CT molecular complexity index is 1700. The van der Waals surface area contributed by atoms with Crippen LogP contribution >= 0.6 is 11.6 Å². The summed E-state index contributed by atoms with van der Waals surface area (Å²) in [5.74, 6) is -3.65. The summed E-state index contributed by atoms with van der Waals surface area (Å²) in [4.78, 5) is 34.3. The minimum atomic E-state index is -4.92. The van der Waals surface area contributed by atoms with Gasteiger partial charge in [0.15, 0.2) is 0 Å². The van der Waals surface area contributed by atoms with E-state index in [1.54, 1.807) is 0 Å². The van der Waals surface area contributed by atoms with Crippen LogP contribution < -0.4 is 15.4 Å². The van der Waals surface area contributed by atoms with Gasteiger partial charge in [-0.2, -0.15) is 13.2 Å². The van der Waals surface area contributed by atoms with Gasteiger partial charge in [-0.15, -0.1) is 0 Å². The van der Waals surface area contributed by atoms with Crippen LogP contribution in [0.25, 0.3) is 11.1 Å². The number of carbonyl (C=O) groups is 2. The second-order valence-corrected chi connectivity index (χ2v) is 9.47. The molecule has 0 radical (unpaired) electrons. The third kappa shape index (κ3) is 5.87. The highest BCUT2D eigenvalue weighted by Gasteiger charge is 2.36. The molecule has 8 nitrogen and oxygen atoms in total. The van der Waals surface area contributed by atoms with Gasteiger partial charge in [-0.1, -0.05) is 11.6 Å². The number of rotatable bonds is 7. The van der Waals surface area contributed by atoms with Gasteiger partial charge < -0.3 is 20.5 Å². The lowest BCUT2D eigenvalue weighted by molar-refractivity contribution is -0.137. The number of halogens is 6. The number of fused-ring (bicyclic) bond motifs is 1. The van der Waals surface area contributed by atoms with Crippen LogP contribution in [0.1, 0.15) is 43.4 Å². The number of ether oxygens (including phenoxy) is 1. The highest BCUT2D eigenvalue weighted by atomic mass is 35.5. The minimum absolute atomic E-state index is 0.0346. The summed E-state index contributed by atoms with van der Waals surface area (Å²) in [6.45, 7) is -0.310. The maximum Gasteiger partial charge on any atom is 0.416 e. The zero-order valence-electron chi connectivity index (χ0n) is 21.1. The van der Waals surface area contributed by atoms with E-state index in [-0.39, 0.29) is 52.7 Å². The Hall–Kier alpha value is -4.62. The van der Waals surface area contributed by atoms with E-state index in [1.807, 2.05) is 0 Å². The summed E-state index contributed by atoms with van der Waals surface area (Å²) in [5.41, 5.74) is -1.02. The quantitative estimate of drug-likeness (QED) is 0.239. The number of anilines is 1. The molecule has 3 aromatic carbocycles. The van der Waals surface area contributed by atoms with Crippen molar-refractivity contribution in [1.29, 1.82) is 0 Å². The summed E-state index contributed by atoms with van der Waals surface area (Å²) in [6, 6.07) is 6.67. The Morgan fingerprint density at radius 2 is 1.76 bits per heavy atom. The van der Waals surface area contributed by atoms with Gasteiger partial charge in [-0.3, -0.25) is 9.59 Å². The fourth-order valence-electron chi connectivity index (χ4n) is 4.43. The Kier molecular flexibility index (Phi) is 7.80. The molecule has 1 atom stereocenters. The van der Waals surface area contributed by atoms with E-state index in [0.29, 0.717) is 23.3 Å². The van der Waals surface area contributed by atoms with Gasteiger partial charge in [0.25, 0.3) is 11.8 Å². The molecule has 42 heavy (non-hydrogen) atoms. The Morgan fingerprint density at radius 3 is 2.45 bits per heavy atom. The number of nitrogens with one attached hydrogen (secondary N) is 2. The SMILES string of the molecule is O=C(Nc1cc(-c2cnc(OCCO)nc2)cc2c1C(c1cc(F)ccc1Cl)NC2=O)c1cc(F)cc(C(F)(F)F)c1. The maximum absolute atomic E-state index is 14.2. The smallest absolute Gasteiger partial charge is 0.416 e. The molecule has 1 unspecified atom stereocenters. The number of amides is 2. The van der Waals surface area contributed by atoms with Crippen LogP contribution in [0.4, 0.5) is 27.6 Å². The zero-order valence-corrected chi connectivity index (χ0v) is 21.9. The molecule has 1 aliphatic heterocycles.